The molecule has 8 heteroatoms. The molecule has 2 aromatic heterocycles. The van der Waals surface area contributed by atoms with Crippen LogP contribution in [0.4, 0.5) is 0 Å². The third kappa shape index (κ3) is 5.34. The summed E-state index contributed by atoms with van der Waals surface area (Å²) in [7, 11) is 0. The normalized spacial score (nSPS) is 12.0. The Morgan fingerprint density at radius 2 is 2.00 bits per heavy atom. The van der Waals surface area contributed by atoms with E-state index in [9.17, 15) is 14.7 Å². The van der Waals surface area contributed by atoms with Crippen LogP contribution in [0.2, 0.25) is 0 Å². The van der Waals surface area contributed by atoms with Gasteiger partial charge in [-0.2, -0.15) is 11.8 Å². The predicted octanol–water partition coefficient (Wildman–Crippen LogP) is 4.60. The molecule has 4 aromatic rings. The number of imidazole rings is 1. The molecule has 7 nitrogen and oxygen atoms in total. The van der Waals surface area contributed by atoms with Crippen molar-refractivity contribution in [3.05, 3.63) is 78.5 Å². The van der Waals surface area contributed by atoms with Crippen molar-refractivity contribution in [2.45, 2.75) is 31.8 Å². The Morgan fingerprint density at radius 1 is 1.18 bits per heavy atom. The number of nitrogens with one attached hydrogen (secondary N) is 2. The molecule has 0 aliphatic rings. The average molecular weight is 477 g/mol. The second-order valence-electron chi connectivity index (χ2n) is 8.11. The van der Waals surface area contributed by atoms with Crippen LogP contribution in [0.25, 0.3) is 22.0 Å². The molecule has 0 spiro atoms. The van der Waals surface area contributed by atoms with Crippen LogP contribution < -0.4 is 5.32 Å². The van der Waals surface area contributed by atoms with Crippen molar-refractivity contribution in [2.75, 3.05) is 12.0 Å². The lowest BCUT2D eigenvalue weighted by Crippen LogP contribution is -2.41. The molecule has 0 saturated heterocycles. The first-order chi connectivity index (χ1) is 16.6. The monoisotopic (exact) mass is 476 g/mol. The summed E-state index contributed by atoms with van der Waals surface area (Å²) in [6.45, 7) is 0.702. The van der Waals surface area contributed by atoms with Gasteiger partial charge in [0.15, 0.2) is 0 Å². The number of carboxylic acid groups (broad SMARTS) is 1. The van der Waals surface area contributed by atoms with Crippen LogP contribution in [0, 0.1) is 0 Å². The predicted molar refractivity (Wildman–Crippen MR) is 136 cm³/mol. The highest BCUT2D eigenvalue weighted by Gasteiger charge is 2.24. The zero-order chi connectivity index (χ0) is 23.9. The molecule has 2 heterocycles. The molecule has 0 bridgehead atoms. The van der Waals surface area contributed by atoms with Gasteiger partial charge in [0.05, 0.1) is 23.3 Å². The third-order valence-corrected chi connectivity index (χ3v) is 6.50. The summed E-state index contributed by atoms with van der Waals surface area (Å²) < 4.78 is 2.08. The van der Waals surface area contributed by atoms with E-state index in [4.69, 9.17) is 0 Å². The van der Waals surface area contributed by atoms with Gasteiger partial charge < -0.3 is 20.0 Å². The first-order valence-electron chi connectivity index (χ1n) is 11.3. The zero-order valence-electron chi connectivity index (χ0n) is 19.0. The number of thioether (sulfide) groups is 1. The fraction of sp³-hybridized carbons (Fsp3) is 0.269. The van der Waals surface area contributed by atoms with Crippen LogP contribution in [-0.4, -0.2) is 49.6 Å². The van der Waals surface area contributed by atoms with Crippen LogP contribution in [0.3, 0.4) is 0 Å². The number of benzene rings is 2. The largest absolute Gasteiger partial charge is 0.480 e. The molecule has 0 radical (unpaired) electrons. The number of nitrogens with zero attached hydrogens (tertiary/aromatic N) is 2. The molecule has 0 fully saturated rings. The Morgan fingerprint density at radius 3 is 2.76 bits per heavy atom. The molecule has 176 valence electrons. The Bertz CT molecular complexity index is 1260. The second-order valence-corrected chi connectivity index (χ2v) is 9.09. The maximum atomic E-state index is 13.3. The molecule has 34 heavy (non-hydrogen) atoms. The average Bonchev–Trinajstić information content (AvgIpc) is 3.51. The lowest BCUT2D eigenvalue weighted by atomic mass is 9.99. The van der Waals surface area contributed by atoms with Gasteiger partial charge in [-0.1, -0.05) is 42.5 Å². The number of carbonyl (C=O) groups excluding carboxylic acids is 1. The zero-order valence-corrected chi connectivity index (χ0v) is 19.8. The van der Waals surface area contributed by atoms with Crippen LogP contribution in [0.5, 0.6) is 0 Å². The summed E-state index contributed by atoms with van der Waals surface area (Å²) in [4.78, 5) is 32.3. The number of hydrogen-bond donors (Lipinski definition) is 3. The fourth-order valence-corrected chi connectivity index (χ4v) is 4.63. The number of aromatic amines is 1. The Labute approximate surface area is 202 Å². The Kier molecular flexibility index (Phi) is 7.69. The number of amides is 1. The van der Waals surface area contributed by atoms with Gasteiger partial charge in [0.2, 0.25) is 0 Å². The van der Waals surface area contributed by atoms with Crippen molar-refractivity contribution in [1.82, 2.24) is 19.9 Å². The molecule has 1 amide bonds. The number of fused-ring (bicyclic) bond motifs is 1. The highest BCUT2D eigenvalue weighted by atomic mass is 32.2. The summed E-state index contributed by atoms with van der Waals surface area (Å²) in [5.41, 5.74) is 3.22. The Hall–Kier alpha value is -3.52. The van der Waals surface area contributed by atoms with Crippen LogP contribution in [0.15, 0.2) is 67.3 Å². The van der Waals surface area contributed by atoms with Crippen molar-refractivity contribution in [2.24, 2.45) is 0 Å². The summed E-state index contributed by atoms with van der Waals surface area (Å²) in [5, 5.41) is 14.5. The van der Waals surface area contributed by atoms with Crippen molar-refractivity contribution in [1.29, 1.82) is 0 Å². The number of aliphatic carboxylic acids is 1. The number of rotatable bonds is 11. The number of H-pyrrole nitrogens is 1. The molecule has 3 N–H and O–H groups in total. The third-order valence-electron chi connectivity index (χ3n) is 5.85. The Balaban J connectivity index is 1.69. The van der Waals surface area contributed by atoms with E-state index in [1.54, 1.807) is 24.2 Å². The molecule has 0 aliphatic carbocycles. The van der Waals surface area contributed by atoms with Crippen LogP contribution >= 0.6 is 11.8 Å². The van der Waals surface area contributed by atoms with Crippen molar-refractivity contribution >= 4 is 34.4 Å². The highest BCUT2D eigenvalue weighted by molar-refractivity contribution is 7.98. The summed E-state index contributed by atoms with van der Waals surface area (Å²) in [5.74, 6) is -0.739. The lowest BCUT2D eigenvalue weighted by molar-refractivity contribution is -0.139. The molecule has 0 saturated carbocycles. The maximum absolute atomic E-state index is 13.3. The lowest BCUT2D eigenvalue weighted by Gasteiger charge is -2.17. The summed E-state index contributed by atoms with van der Waals surface area (Å²) >= 11 is 1.56. The number of aryl methyl sites for hydroxylation is 2. The molecular formula is C26H28N4O3S. The fourth-order valence-electron chi connectivity index (χ4n) is 4.16. The van der Waals surface area contributed by atoms with E-state index in [1.807, 2.05) is 61.1 Å². The molecule has 0 aliphatic heterocycles. The van der Waals surface area contributed by atoms with Crippen molar-refractivity contribution in [3.63, 3.8) is 0 Å². The molecule has 0 unspecified atom stereocenters. The minimum Gasteiger partial charge on any atom is -0.480 e. The van der Waals surface area contributed by atoms with Crippen molar-refractivity contribution < 1.29 is 14.7 Å². The van der Waals surface area contributed by atoms with E-state index in [0.717, 1.165) is 40.6 Å². The smallest absolute Gasteiger partial charge is 0.326 e. The number of carbonyl (C=O) groups is 2. The summed E-state index contributed by atoms with van der Waals surface area (Å²) in [6, 6.07) is 15.0. The maximum Gasteiger partial charge on any atom is 0.326 e. The molecule has 1 atom stereocenters. The highest BCUT2D eigenvalue weighted by Crippen LogP contribution is 2.32. The van der Waals surface area contributed by atoms with E-state index in [-0.39, 0.29) is 5.91 Å². The van der Waals surface area contributed by atoms with Gasteiger partial charge in [-0.05, 0) is 48.1 Å². The van der Waals surface area contributed by atoms with Gasteiger partial charge in [0, 0.05) is 24.5 Å². The number of aromatic nitrogens is 3. The van der Waals surface area contributed by atoms with E-state index >= 15 is 0 Å². The minimum absolute atomic E-state index is 0.371. The van der Waals surface area contributed by atoms with Gasteiger partial charge in [-0.25, -0.2) is 9.78 Å². The first kappa shape index (κ1) is 23.6. The van der Waals surface area contributed by atoms with Gasteiger partial charge >= 0.3 is 5.97 Å². The van der Waals surface area contributed by atoms with Crippen LogP contribution in [0.1, 0.15) is 28.9 Å². The number of carboxylic acids is 1. The summed E-state index contributed by atoms with van der Waals surface area (Å²) in [6.07, 6.45) is 9.43. The van der Waals surface area contributed by atoms with Gasteiger partial charge in [-0.15, -0.1) is 0 Å². The molecular weight excluding hydrogens is 448 g/mol. The molecule has 2 aromatic carbocycles. The van der Waals surface area contributed by atoms with E-state index in [1.165, 1.54) is 0 Å². The van der Waals surface area contributed by atoms with Crippen molar-refractivity contribution in [3.8, 4) is 11.3 Å². The van der Waals surface area contributed by atoms with E-state index in [2.05, 4.69) is 19.9 Å². The standard InChI is InChI=1S/C26H28N4O3S/c1-34-15-12-23(26(32)33)29-25(31)22-11-14-30(13-5-8-19-16-27-17-28-19)24(22)21-10-4-7-18-6-2-3-9-20(18)21/h2-4,6-7,9-11,14,16-17,23H,5,8,12-13,15H2,1H3,(H,27,28)(H,29,31)(H,32,33)/t23-/m0/s1. The van der Waals surface area contributed by atoms with Gasteiger partial charge in [0.25, 0.3) is 5.91 Å². The second kappa shape index (κ2) is 11.1. The quantitative estimate of drug-likeness (QED) is 0.294. The topological polar surface area (TPSA) is 100 Å². The molecule has 4 rings (SSSR count). The van der Waals surface area contributed by atoms with E-state index in [0.29, 0.717) is 24.3 Å². The minimum atomic E-state index is -1.02. The van der Waals surface area contributed by atoms with E-state index < -0.39 is 12.0 Å². The first-order valence-corrected chi connectivity index (χ1v) is 12.7. The van der Waals surface area contributed by atoms with Gasteiger partial charge in [0.1, 0.15) is 6.04 Å². The van der Waals surface area contributed by atoms with Crippen LogP contribution in [-0.2, 0) is 17.8 Å². The van der Waals surface area contributed by atoms with Gasteiger partial charge in [-0.3, -0.25) is 4.79 Å². The number of hydrogen-bond acceptors (Lipinski definition) is 4. The SMILES string of the molecule is CSCC[C@H](NC(=O)c1ccn(CCCc2c[nH]cn2)c1-c1cccc2ccccc12)C(=O)O.